The molecule has 3 rings (SSSR count). The molecule has 2 aromatic rings. The molecule has 1 saturated heterocycles. The molecule has 0 radical (unpaired) electrons. The summed E-state index contributed by atoms with van der Waals surface area (Å²) in [6, 6.07) is 16.5. The molecule has 0 amide bonds. The van der Waals surface area contributed by atoms with Crippen LogP contribution in [0.4, 0.5) is 0 Å². The Balaban J connectivity index is 1.58. The zero-order valence-electron chi connectivity index (χ0n) is 14.4. The van der Waals surface area contributed by atoms with Crippen LogP contribution in [0.25, 0.3) is 0 Å². The number of hydrogen-bond donors (Lipinski definition) is 1. The molecule has 1 N–H and O–H groups in total. The highest BCUT2D eigenvalue weighted by Gasteiger charge is 2.25. The highest BCUT2D eigenvalue weighted by Crippen LogP contribution is 2.17. The van der Waals surface area contributed by atoms with Gasteiger partial charge in [0.15, 0.2) is 0 Å². The summed E-state index contributed by atoms with van der Waals surface area (Å²) in [5.74, 6) is 0. The van der Waals surface area contributed by atoms with Crippen molar-refractivity contribution in [3.8, 4) is 6.07 Å². The van der Waals surface area contributed by atoms with E-state index in [4.69, 9.17) is 10.00 Å². The Hall–Kier alpha value is -2.24. The second kappa shape index (κ2) is 8.43. The van der Waals surface area contributed by atoms with E-state index < -0.39 is 10.0 Å². The first-order valence-corrected chi connectivity index (χ1v) is 9.90. The standard InChI is InChI=1S/C19H21N3O3S/c20-13-17-2-1-3-18(12-17)15-21-14-16-4-6-19(7-5-16)26(23,24)22-8-10-25-11-9-22/h1-7,12,21H,8-11,14-15H2. The molecule has 0 unspecified atom stereocenters. The summed E-state index contributed by atoms with van der Waals surface area (Å²) in [7, 11) is -3.45. The third kappa shape index (κ3) is 4.48. The maximum Gasteiger partial charge on any atom is 0.243 e. The Labute approximate surface area is 154 Å². The van der Waals surface area contributed by atoms with Gasteiger partial charge in [-0.2, -0.15) is 9.57 Å². The van der Waals surface area contributed by atoms with Crippen molar-refractivity contribution in [3.05, 3.63) is 65.2 Å². The van der Waals surface area contributed by atoms with E-state index in [1.54, 1.807) is 18.2 Å². The molecule has 0 spiro atoms. The molecule has 0 saturated carbocycles. The maximum absolute atomic E-state index is 12.6. The molecule has 136 valence electrons. The van der Waals surface area contributed by atoms with Crippen LogP contribution in [-0.2, 0) is 27.8 Å². The molecule has 1 fully saturated rings. The minimum Gasteiger partial charge on any atom is -0.379 e. The average Bonchev–Trinajstić information content (AvgIpc) is 2.69. The molecule has 2 aromatic carbocycles. The summed E-state index contributed by atoms with van der Waals surface area (Å²) in [6.45, 7) is 2.93. The van der Waals surface area contributed by atoms with Crippen LogP contribution in [0.5, 0.6) is 0 Å². The largest absolute Gasteiger partial charge is 0.379 e. The van der Waals surface area contributed by atoms with Crippen molar-refractivity contribution in [2.75, 3.05) is 26.3 Å². The first-order valence-electron chi connectivity index (χ1n) is 8.46. The number of morpholine rings is 1. The number of ether oxygens (including phenoxy) is 1. The van der Waals surface area contributed by atoms with Crippen molar-refractivity contribution < 1.29 is 13.2 Å². The van der Waals surface area contributed by atoms with Crippen molar-refractivity contribution in [1.82, 2.24) is 9.62 Å². The van der Waals surface area contributed by atoms with Gasteiger partial charge in [-0.1, -0.05) is 24.3 Å². The third-order valence-electron chi connectivity index (χ3n) is 4.25. The van der Waals surface area contributed by atoms with Crippen LogP contribution in [0, 0.1) is 11.3 Å². The van der Waals surface area contributed by atoms with Crippen molar-refractivity contribution in [2.45, 2.75) is 18.0 Å². The minimum absolute atomic E-state index is 0.310. The van der Waals surface area contributed by atoms with Crippen LogP contribution in [0.2, 0.25) is 0 Å². The predicted octanol–water partition coefficient (Wildman–Crippen LogP) is 1.87. The Morgan fingerprint density at radius 1 is 1.04 bits per heavy atom. The fourth-order valence-electron chi connectivity index (χ4n) is 2.82. The van der Waals surface area contributed by atoms with E-state index in [2.05, 4.69) is 11.4 Å². The summed E-state index contributed by atoms with van der Waals surface area (Å²) in [6.07, 6.45) is 0. The smallest absolute Gasteiger partial charge is 0.243 e. The lowest BCUT2D eigenvalue weighted by atomic mass is 10.1. The van der Waals surface area contributed by atoms with Gasteiger partial charge in [0.1, 0.15) is 0 Å². The molecular formula is C19H21N3O3S. The fraction of sp³-hybridized carbons (Fsp3) is 0.316. The lowest BCUT2D eigenvalue weighted by Crippen LogP contribution is -2.40. The normalized spacial score (nSPS) is 15.5. The van der Waals surface area contributed by atoms with Crippen LogP contribution in [0.3, 0.4) is 0 Å². The van der Waals surface area contributed by atoms with E-state index in [-0.39, 0.29) is 0 Å². The SMILES string of the molecule is N#Cc1cccc(CNCc2ccc(S(=O)(=O)N3CCOCC3)cc2)c1. The van der Waals surface area contributed by atoms with Gasteiger partial charge < -0.3 is 10.1 Å². The molecule has 7 heteroatoms. The van der Waals surface area contributed by atoms with Gasteiger partial charge in [0, 0.05) is 26.2 Å². The van der Waals surface area contributed by atoms with Crippen LogP contribution < -0.4 is 5.32 Å². The molecule has 1 heterocycles. The van der Waals surface area contributed by atoms with Crippen LogP contribution in [0.1, 0.15) is 16.7 Å². The molecule has 0 atom stereocenters. The molecular weight excluding hydrogens is 350 g/mol. The highest BCUT2D eigenvalue weighted by molar-refractivity contribution is 7.89. The number of nitriles is 1. The van der Waals surface area contributed by atoms with Crippen LogP contribution >= 0.6 is 0 Å². The Kier molecular flexibility index (Phi) is 6.01. The molecule has 26 heavy (non-hydrogen) atoms. The zero-order valence-corrected chi connectivity index (χ0v) is 15.2. The van der Waals surface area contributed by atoms with Gasteiger partial charge in [-0.15, -0.1) is 0 Å². The Bertz CT molecular complexity index is 883. The van der Waals surface area contributed by atoms with Gasteiger partial charge in [-0.25, -0.2) is 8.42 Å². The number of sulfonamides is 1. The first-order chi connectivity index (χ1) is 12.6. The van der Waals surface area contributed by atoms with Crippen molar-refractivity contribution in [3.63, 3.8) is 0 Å². The topological polar surface area (TPSA) is 82.4 Å². The predicted molar refractivity (Wildman–Crippen MR) is 97.7 cm³/mol. The van der Waals surface area contributed by atoms with Gasteiger partial charge >= 0.3 is 0 Å². The molecule has 0 bridgehead atoms. The summed E-state index contributed by atoms with van der Waals surface area (Å²) < 4.78 is 31.8. The van der Waals surface area contributed by atoms with Gasteiger partial charge in [0.2, 0.25) is 10.0 Å². The lowest BCUT2D eigenvalue weighted by molar-refractivity contribution is 0.0730. The Morgan fingerprint density at radius 3 is 2.42 bits per heavy atom. The minimum atomic E-state index is -3.45. The summed E-state index contributed by atoms with van der Waals surface area (Å²) >= 11 is 0. The number of benzene rings is 2. The molecule has 0 aliphatic carbocycles. The first kappa shape index (κ1) is 18.5. The molecule has 6 nitrogen and oxygen atoms in total. The van der Waals surface area contributed by atoms with E-state index in [1.165, 1.54) is 4.31 Å². The van der Waals surface area contributed by atoms with E-state index in [0.717, 1.165) is 11.1 Å². The number of hydrogen-bond acceptors (Lipinski definition) is 5. The monoisotopic (exact) mass is 371 g/mol. The second-order valence-electron chi connectivity index (χ2n) is 6.08. The summed E-state index contributed by atoms with van der Waals surface area (Å²) in [5.41, 5.74) is 2.68. The third-order valence-corrected chi connectivity index (χ3v) is 6.16. The summed E-state index contributed by atoms with van der Waals surface area (Å²) in [5, 5.41) is 12.2. The quantitative estimate of drug-likeness (QED) is 0.838. The number of nitrogens with zero attached hydrogens (tertiary/aromatic N) is 2. The zero-order chi connectivity index (χ0) is 18.4. The van der Waals surface area contributed by atoms with Crippen LogP contribution in [0.15, 0.2) is 53.4 Å². The maximum atomic E-state index is 12.6. The molecule has 0 aromatic heterocycles. The Morgan fingerprint density at radius 2 is 1.73 bits per heavy atom. The second-order valence-corrected chi connectivity index (χ2v) is 8.01. The van der Waals surface area contributed by atoms with Gasteiger partial charge in [0.05, 0.1) is 29.7 Å². The fourth-order valence-corrected chi connectivity index (χ4v) is 4.23. The van der Waals surface area contributed by atoms with Gasteiger partial charge in [-0.05, 0) is 35.4 Å². The van der Waals surface area contributed by atoms with Crippen LogP contribution in [-0.4, -0.2) is 39.0 Å². The van der Waals surface area contributed by atoms with E-state index in [1.807, 2.05) is 30.3 Å². The highest BCUT2D eigenvalue weighted by atomic mass is 32.2. The van der Waals surface area contributed by atoms with Gasteiger partial charge in [0.25, 0.3) is 0 Å². The van der Waals surface area contributed by atoms with Crippen molar-refractivity contribution >= 4 is 10.0 Å². The van der Waals surface area contributed by atoms with E-state index in [9.17, 15) is 8.42 Å². The van der Waals surface area contributed by atoms with E-state index in [0.29, 0.717) is 49.9 Å². The molecule has 1 aliphatic rings. The summed E-state index contributed by atoms with van der Waals surface area (Å²) in [4.78, 5) is 0.310. The van der Waals surface area contributed by atoms with Crippen molar-refractivity contribution in [2.24, 2.45) is 0 Å². The van der Waals surface area contributed by atoms with Gasteiger partial charge in [-0.3, -0.25) is 0 Å². The lowest BCUT2D eigenvalue weighted by Gasteiger charge is -2.26. The van der Waals surface area contributed by atoms with Crippen molar-refractivity contribution in [1.29, 1.82) is 5.26 Å². The average molecular weight is 371 g/mol. The van der Waals surface area contributed by atoms with E-state index >= 15 is 0 Å². The number of rotatable bonds is 6. The molecule has 1 aliphatic heterocycles. The number of nitrogens with one attached hydrogen (secondary N) is 1.